The summed E-state index contributed by atoms with van der Waals surface area (Å²) in [5.41, 5.74) is 0. The average Bonchev–Trinajstić information content (AvgIpc) is 2.93. The van der Waals surface area contributed by atoms with Gasteiger partial charge in [0, 0.05) is 17.8 Å². The third-order valence-electron chi connectivity index (χ3n) is 3.26. The number of hydrogen-bond donors (Lipinski definition) is 1. The standard InChI is InChI=1S/C12H13N3O2S/c1-7-2-4-9(18-7)11-14-13-10-5-3-8(12(16)17)6-15(10)11/h2,4,8H,3,5-6H2,1H3,(H,16,17). The molecule has 1 N–H and O–H groups in total. The summed E-state index contributed by atoms with van der Waals surface area (Å²) in [5, 5.41) is 17.5. The Kier molecular flexibility index (Phi) is 2.66. The van der Waals surface area contributed by atoms with E-state index in [2.05, 4.69) is 10.2 Å². The summed E-state index contributed by atoms with van der Waals surface area (Å²) in [6.07, 6.45) is 1.34. The maximum atomic E-state index is 11.1. The quantitative estimate of drug-likeness (QED) is 0.899. The first-order chi connectivity index (χ1) is 8.65. The molecule has 0 aliphatic carbocycles. The van der Waals surface area contributed by atoms with Crippen molar-refractivity contribution < 1.29 is 9.90 Å². The molecule has 1 aliphatic heterocycles. The minimum Gasteiger partial charge on any atom is -0.481 e. The Balaban J connectivity index is 1.99. The number of nitrogens with zero attached hydrogens (tertiary/aromatic N) is 3. The number of thiophene rings is 1. The molecule has 0 radical (unpaired) electrons. The van der Waals surface area contributed by atoms with Gasteiger partial charge in [-0.25, -0.2) is 0 Å². The van der Waals surface area contributed by atoms with Gasteiger partial charge in [0.2, 0.25) is 0 Å². The van der Waals surface area contributed by atoms with Gasteiger partial charge in [-0.2, -0.15) is 0 Å². The lowest BCUT2D eigenvalue weighted by Gasteiger charge is -2.20. The first-order valence-corrected chi connectivity index (χ1v) is 6.68. The van der Waals surface area contributed by atoms with E-state index in [1.807, 2.05) is 23.6 Å². The van der Waals surface area contributed by atoms with Crippen LogP contribution in [0.15, 0.2) is 12.1 Å². The molecule has 1 unspecified atom stereocenters. The molecular formula is C12H13N3O2S. The highest BCUT2D eigenvalue weighted by Gasteiger charge is 2.27. The third kappa shape index (κ3) is 1.82. The van der Waals surface area contributed by atoms with Gasteiger partial charge in [0.1, 0.15) is 5.82 Å². The molecule has 0 fully saturated rings. The minimum absolute atomic E-state index is 0.326. The molecule has 3 rings (SSSR count). The zero-order chi connectivity index (χ0) is 12.7. The molecule has 0 bridgehead atoms. The highest BCUT2D eigenvalue weighted by Crippen LogP contribution is 2.30. The average molecular weight is 263 g/mol. The van der Waals surface area contributed by atoms with Crippen LogP contribution in [0, 0.1) is 12.8 Å². The van der Waals surface area contributed by atoms with Crippen molar-refractivity contribution in [2.75, 3.05) is 0 Å². The van der Waals surface area contributed by atoms with Crippen LogP contribution in [0.25, 0.3) is 10.7 Å². The van der Waals surface area contributed by atoms with E-state index in [4.69, 9.17) is 5.11 Å². The molecule has 5 nitrogen and oxygen atoms in total. The van der Waals surface area contributed by atoms with E-state index in [1.54, 1.807) is 11.3 Å². The smallest absolute Gasteiger partial charge is 0.308 e. The van der Waals surface area contributed by atoms with E-state index in [9.17, 15) is 4.79 Å². The first kappa shape index (κ1) is 11.4. The Morgan fingerprint density at radius 2 is 2.33 bits per heavy atom. The van der Waals surface area contributed by atoms with Crippen molar-refractivity contribution in [1.82, 2.24) is 14.8 Å². The van der Waals surface area contributed by atoms with Crippen molar-refractivity contribution in [1.29, 1.82) is 0 Å². The van der Waals surface area contributed by atoms with E-state index in [0.29, 0.717) is 19.4 Å². The van der Waals surface area contributed by atoms with Crippen LogP contribution < -0.4 is 0 Å². The number of aryl methyl sites for hydroxylation is 2. The molecule has 94 valence electrons. The lowest BCUT2D eigenvalue weighted by atomic mass is 9.99. The van der Waals surface area contributed by atoms with Crippen LogP contribution in [0.4, 0.5) is 0 Å². The molecule has 0 amide bonds. The highest BCUT2D eigenvalue weighted by atomic mass is 32.1. The van der Waals surface area contributed by atoms with Gasteiger partial charge < -0.3 is 9.67 Å². The van der Waals surface area contributed by atoms with Crippen LogP contribution >= 0.6 is 11.3 Å². The zero-order valence-electron chi connectivity index (χ0n) is 9.96. The van der Waals surface area contributed by atoms with Crippen LogP contribution in [-0.2, 0) is 17.8 Å². The topological polar surface area (TPSA) is 68.0 Å². The Bertz CT molecular complexity index is 602. The highest BCUT2D eigenvalue weighted by molar-refractivity contribution is 7.15. The van der Waals surface area contributed by atoms with E-state index < -0.39 is 5.97 Å². The van der Waals surface area contributed by atoms with Crippen LogP contribution in [0.5, 0.6) is 0 Å². The fourth-order valence-corrected chi connectivity index (χ4v) is 3.13. The van der Waals surface area contributed by atoms with Crippen LogP contribution in [0.3, 0.4) is 0 Å². The fourth-order valence-electron chi connectivity index (χ4n) is 2.27. The van der Waals surface area contributed by atoms with Gasteiger partial charge in [-0.3, -0.25) is 4.79 Å². The van der Waals surface area contributed by atoms with Gasteiger partial charge in [0.25, 0.3) is 0 Å². The number of carboxylic acids is 1. The maximum Gasteiger partial charge on any atom is 0.308 e. The predicted octanol–water partition coefficient (Wildman–Crippen LogP) is 1.96. The lowest BCUT2D eigenvalue weighted by Crippen LogP contribution is -2.26. The molecule has 0 spiro atoms. The van der Waals surface area contributed by atoms with Crippen LogP contribution in [0.1, 0.15) is 17.1 Å². The van der Waals surface area contributed by atoms with E-state index in [-0.39, 0.29) is 5.92 Å². The van der Waals surface area contributed by atoms with Gasteiger partial charge in [0.05, 0.1) is 10.8 Å². The summed E-state index contributed by atoms with van der Waals surface area (Å²) in [6.45, 7) is 2.52. The Labute approximate surface area is 108 Å². The molecule has 3 heterocycles. The second kappa shape index (κ2) is 4.20. The Morgan fingerprint density at radius 3 is 3.00 bits per heavy atom. The van der Waals surface area contributed by atoms with Gasteiger partial charge in [0.15, 0.2) is 5.82 Å². The first-order valence-electron chi connectivity index (χ1n) is 5.87. The molecular weight excluding hydrogens is 250 g/mol. The molecule has 6 heteroatoms. The zero-order valence-corrected chi connectivity index (χ0v) is 10.8. The number of rotatable bonds is 2. The molecule has 1 atom stereocenters. The number of aromatic nitrogens is 3. The second-order valence-electron chi connectivity index (χ2n) is 4.53. The number of fused-ring (bicyclic) bond motifs is 1. The van der Waals surface area contributed by atoms with Crippen molar-refractivity contribution >= 4 is 17.3 Å². The summed E-state index contributed by atoms with van der Waals surface area (Å²) >= 11 is 1.66. The number of aliphatic carboxylic acids is 1. The molecule has 2 aromatic rings. The van der Waals surface area contributed by atoms with Crippen molar-refractivity contribution in [2.45, 2.75) is 26.3 Å². The van der Waals surface area contributed by atoms with Crippen molar-refractivity contribution in [3.05, 3.63) is 22.8 Å². The number of carbonyl (C=O) groups is 1. The number of hydrogen-bond acceptors (Lipinski definition) is 4. The van der Waals surface area contributed by atoms with Gasteiger partial charge in [-0.05, 0) is 25.5 Å². The van der Waals surface area contributed by atoms with E-state index in [1.165, 1.54) is 4.88 Å². The van der Waals surface area contributed by atoms with E-state index >= 15 is 0 Å². The van der Waals surface area contributed by atoms with Gasteiger partial charge in [-0.1, -0.05) is 0 Å². The van der Waals surface area contributed by atoms with Gasteiger partial charge >= 0.3 is 5.97 Å². The van der Waals surface area contributed by atoms with Crippen molar-refractivity contribution in [3.8, 4) is 10.7 Å². The lowest BCUT2D eigenvalue weighted by molar-refractivity contribution is -0.142. The van der Waals surface area contributed by atoms with Crippen molar-refractivity contribution in [3.63, 3.8) is 0 Å². The summed E-state index contributed by atoms with van der Waals surface area (Å²) in [5.74, 6) is 0.638. The van der Waals surface area contributed by atoms with Crippen molar-refractivity contribution in [2.24, 2.45) is 5.92 Å². The molecule has 0 aromatic carbocycles. The number of carboxylic acid groups (broad SMARTS) is 1. The Hall–Kier alpha value is -1.69. The normalized spacial score (nSPS) is 18.6. The second-order valence-corrected chi connectivity index (χ2v) is 5.82. The van der Waals surface area contributed by atoms with E-state index in [0.717, 1.165) is 16.5 Å². The molecule has 1 aliphatic rings. The van der Waals surface area contributed by atoms with Crippen LogP contribution in [0.2, 0.25) is 0 Å². The molecule has 2 aromatic heterocycles. The summed E-state index contributed by atoms with van der Waals surface area (Å²) in [4.78, 5) is 13.4. The monoisotopic (exact) mass is 263 g/mol. The van der Waals surface area contributed by atoms with Crippen LogP contribution in [-0.4, -0.2) is 25.8 Å². The largest absolute Gasteiger partial charge is 0.481 e. The fraction of sp³-hybridized carbons (Fsp3) is 0.417. The molecule has 0 saturated heterocycles. The SMILES string of the molecule is Cc1ccc(-c2nnc3n2CC(C(=O)O)CC3)s1. The summed E-state index contributed by atoms with van der Waals surface area (Å²) < 4.78 is 1.95. The third-order valence-corrected chi connectivity index (χ3v) is 4.25. The maximum absolute atomic E-state index is 11.1. The Morgan fingerprint density at radius 1 is 1.50 bits per heavy atom. The summed E-state index contributed by atoms with van der Waals surface area (Å²) in [7, 11) is 0. The van der Waals surface area contributed by atoms with Gasteiger partial charge in [-0.15, -0.1) is 21.5 Å². The molecule has 0 saturated carbocycles. The summed E-state index contributed by atoms with van der Waals surface area (Å²) in [6, 6.07) is 4.06. The molecule has 18 heavy (non-hydrogen) atoms. The minimum atomic E-state index is -0.734. The predicted molar refractivity (Wildman–Crippen MR) is 67.5 cm³/mol.